The van der Waals surface area contributed by atoms with E-state index < -0.39 is 0 Å². The monoisotopic (exact) mass is 608 g/mol. The molecule has 0 unspecified atom stereocenters. The summed E-state index contributed by atoms with van der Waals surface area (Å²) in [5, 5.41) is 18.8. The Balaban J connectivity index is 1.35. The van der Waals surface area contributed by atoms with Crippen molar-refractivity contribution in [3.05, 3.63) is 162 Å². The molecule has 1 N–H and O–H groups in total. The quantitative estimate of drug-likeness (QED) is 0.198. The molecular weight excluding hydrogens is 581 g/mol. The zero-order valence-corrected chi connectivity index (χ0v) is 26.1. The van der Waals surface area contributed by atoms with Crippen molar-refractivity contribution in [3.63, 3.8) is 0 Å². The van der Waals surface area contributed by atoms with Crippen molar-refractivity contribution < 1.29 is 0 Å². The van der Waals surface area contributed by atoms with Crippen molar-refractivity contribution in [2.45, 2.75) is 0 Å². The Morgan fingerprint density at radius 2 is 1.06 bits per heavy atom. The van der Waals surface area contributed by atoms with Crippen LogP contribution >= 0.6 is 0 Å². The molecule has 8 aromatic carbocycles. The Morgan fingerprint density at radius 3 is 1.92 bits per heavy atom. The Kier molecular flexibility index (Phi) is 5.20. The Hall–Kier alpha value is -6.25. The third-order valence-corrected chi connectivity index (χ3v) is 10.6. The first-order valence-electron chi connectivity index (χ1n) is 16.7. The van der Waals surface area contributed by atoms with E-state index in [4.69, 9.17) is 4.98 Å². The highest BCUT2D eigenvalue weighted by molar-refractivity contribution is 6.26. The van der Waals surface area contributed by atoms with E-state index in [0.29, 0.717) is 0 Å². The third kappa shape index (κ3) is 3.49. The second-order valence-corrected chi connectivity index (χ2v) is 13.1. The van der Waals surface area contributed by atoms with Gasteiger partial charge >= 0.3 is 0 Å². The molecule has 1 aliphatic carbocycles. The zero-order chi connectivity index (χ0) is 31.3. The number of aromatic nitrogens is 1. The van der Waals surface area contributed by atoms with E-state index in [2.05, 4.69) is 151 Å². The SMILES string of the molecule is C1=c2ccccc2=C(c2cc3c4ccccc4c(-c4nccc5ccccc45)cc3c3cc4c(cc23)-c2cccc3cccc-4c23)NC1. The van der Waals surface area contributed by atoms with Crippen LogP contribution in [0.2, 0.25) is 0 Å². The van der Waals surface area contributed by atoms with E-state index in [1.54, 1.807) is 0 Å². The zero-order valence-electron chi connectivity index (χ0n) is 26.1. The van der Waals surface area contributed by atoms with Crippen LogP contribution < -0.4 is 15.8 Å². The lowest BCUT2D eigenvalue weighted by Gasteiger charge is -2.21. The number of fused-ring (bicyclic) bond motifs is 10. The summed E-state index contributed by atoms with van der Waals surface area (Å²) in [5.74, 6) is 0. The van der Waals surface area contributed by atoms with Gasteiger partial charge in [0.2, 0.25) is 0 Å². The number of hydrogen-bond donors (Lipinski definition) is 1. The molecule has 2 aliphatic rings. The van der Waals surface area contributed by atoms with Gasteiger partial charge in [-0.15, -0.1) is 0 Å². The lowest BCUT2D eigenvalue weighted by molar-refractivity contribution is 1.01. The maximum Gasteiger partial charge on any atom is 0.0786 e. The lowest BCUT2D eigenvalue weighted by atomic mass is 9.86. The topological polar surface area (TPSA) is 24.9 Å². The predicted molar refractivity (Wildman–Crippen MR) is 202 cm³/mol. The van der Waals surface area contributed by atoms with E-state index in [1.165, 1.54) is 103 Å². The number of hydrogen-bond acceptors (Lipinski definition) is 2. The molecule has 0 atom stereocenters. The first kappa shape index (κ1) is 25.9. The lowest BCUT2D eigenvalue weighted by Crippen LogP contribution is -2.37. The van der Waals surface area contributed by atoms with Crippen LogP contribution in [-0.2, 0) is 0 Å². The fourth-order valence-electron chi connectivity index (χ4n) is 8.52. The van der Waals surface area contributed by atoms with Gasteiger partial charge in [-0.25, -0.2) is 0 Å². The van der Waals surface area contributed by atoms with Crippen LogP contribution in [0.1, 0.15) is 5.56 Å². The van der Waals surface area contributed by atoms with Crippen LogP contribution in [0.15, 0.2) is 146 Å². The van der Waals surface area contributed by atoms with Crippen LogP contribution in [-0.4, -0.2) is 11.5 Å². The Morgan fingerprint density at radius 1 is 0.438 bits per heavy atom. The predicted octanol–water partition coefficient (Wildman–Crippen LogP) is 9.70. The van der Waals surface area contributed by atoms with Crippen LogP contribution in [0.25, 0.3) is 99.1 Å². The molecule has 11 rings (SSSR count). The Labute approximate surface area is 276 Å². The fourth-order valence-corrected chi connectivity index (χ4v) is 8.52. The number of nitrogens with one attached hydrogen (secondary N) is 1. The molecule has 9 aromatic rings. The van der Waals surface area contributed by atoms with Crippen LogP contribution in [0.4, 0.5) is 0 Å². The minimum Gasteiger partial charge on any atom is -0.381 e. The van der Waals surface area contributed by atoms with Gasteiger partial charge in [0.25, 0.3) is 0 Å². The minimum absolute atomic E-state index is 0.800. The van der Waals surface area contributed by atoms with Crippen molar-refractivity contribution in [1.29, 1.82) is 0 Å². The number of pyridine rings is 1. The summed E-state index contributed by atoms with van der Waals surface area (Å²) in [5.41, 5.74) is 9.87. The van der Waals surface area contributed by atoms with Gasteiger partial charge in [0, 0.05) is 34.5 Å². The molecule has 2 nitrogen and oxygen atoms in total. The summed E-state index contributed by atoms with van der Waals surface area (Å²) in [7, 11) is 0. The van der Waals surface area contributed by atoms with E-state index >= 15 is 0 Å². The third-order valence-electron chi connectivity index (χ3n) is 10.6. The molecular formula is C46H28N2. The second kappa shape index (κ2) is 9.63. The average Bonchev–Trinajstić information content (AvgIpc) is 3.47. The maximum atomic E-state index is 5.02. The first-order chi connectivity index (χ1) is 23.8. The van der Waals surface area contributed by atoms with Gasteiger partial charge < -0.3 is 5.32 Å². The maximum absolute atomic E-state index is 5.02. The van der Waals surface area contributed by atoms with Crippen molar-refractivity contribution in [1.82, 2.24) is 10.3 Å². The van der Waals surface area contributed by atoms with Crippen molar-refractivity contribution in [2.75, 3.05) is 6.54 Å². The van der Waals surface area contributed by atoms with E-state index in [1.807, 2.05) is 6.20 Å². The molecule has 0 saturated carbocycles. The normalized spacial score (nSPS) is 13.2. The second-order valence-electron chi connectivity index (χ2n) is 13.1. The molecule has 1 aromatic heterocycles. The van der Waals surface area contributed by atoms with Gasteiger partial charge in [0.05, 0.1) is 11.4 Å². The molecule has 48 heavy (non-hydrogen) atoms. The van der Waals surface area contributed by atoms with Crippen molar-refractivity contribution in [3.8, 4) is 33.5 Å². The van der Waals surface area contributed by atoms with Gasteiger partial charge in [-0.1, -0.05) is 115 Å². The summed E-state index contributed by atoms with van der Waals surface area (Å²) in [6.45, 7) is 0.800. The molecule has 1 aliphatic heterocycles. The molecule has 0 bridgehead atoms. The average molecular weight is 609 g/mol. The van der Waals surface area contributed by atoms with Gasteiger partial charge in [0.15, 0.2) is 0 Å². The summed E-state index contributed by atoms with van der Waals surface area (Å²) in [4.78, 5) is 5.02. The van der Waals surface area contributed by atoms with Gasteiger partial charge in [0.1, 0.15) is 0 Å². The number of nitrogens with zero attached hydrogens (tertiary/aromatic N) is 1. The highest BCUT2D eigenvalue weighted by Crippen LogP contribution is 2.50. The van der Waals surface area contributed by atoms with Crippen molar-refractivity contribution in [2.24, 2.45) is 0 Å². The van der Waals surface area contributed by atoms with E-state index in [0.717, 1.165) is 12.2 Å². The first-order valence-corrected chi connectivity index (χ1v) is 16.7. The van der Waals surface area contributed by atoms with E-state index in [-0.39, 0.29) is 0 Å². The van der Waals surface area contributed by atoms with Crippen LogP contribution in [0, 0.1) is 0 Å². The Bertz CT molecular complexity index is 3000. The van der Waals surface area contributed by atoms with Gasteiger partial charge in [-0.3, -0.25) is 4.98 Å². The number of benzene rings is 8. The molecule has 0 amide bonds. The van der Waals surface area contributed by atoms with Crippen LogP contribution in [0.3, 0.4) is 0 Å². The molecule has 0 fully saturated rings. The van der Waals surface area contributed by atoms with E-state index in [9.17, 15) is 0 Å². The highest BCUT2D eigenvalue weighted by Gasteiger charge is 2.25. The fraction of sp³-hybridized carbons (Fsp3) is 0.0217. The molecule has 222 valence electrons. The summed E-state index contributed by atoms with van der Waals surface area (Å²) >= 11 is 0. The standard InChI is InChI=1S/C46H28N2/c1-3-13-30-27(9-1)19-21-47-45(30)42-26-40-36(32-15-5-6-16-33(32)42)25-43(46-31-14-4-2-10-28(31)20-22-48-46)41-24-38-35-18-8-12-29-11-7-17-34(44(29)35)37(38)23-39(40)41/h1-21,23-26,48H,22H2. The molecule has 0 saturated heterocycles. The summed E-state index contributed by atoms with van der Waals surface area (Å²) in [6.07, 6.45) is 4.23. The summed E-state index contributed by atoms with van der Waals surface area (Å²) < 4.78 is 0. The van der Waals surface area contributed by atoms with Crippen LogP contribution in [0.5, 0.6) is 0 Å². The highest BCUT2D eigenvalue weighted by atomic mass is 14.9. The molecule has 2 heterocycles. The van der Waals surface area contributed by atoms with Gasteiger partial charge in [-0.05, 0) is 106 Å². The largest absolute Gasteiger partial charge is 0.381 e. The smallest absolute Gasteiger partial charge is 0.0786 e. The number of rotatable bonds is 2. The summed E-state index contributed by atoms with van der Waals surface area (Å²) in [6, 6.07) is 51.6. The minimum atomic E-state index is 0.800. The van der Waals surface area contributed by atoms with Gasteiger partial charge in [-0.2, -0.15) is 0 Å². The molecule has 0 radical (unpaired) electrons. The van der Waals surface area contributed by atoms with Crippen molar-refractivity contribution >= 4 is 65.6 Å². The molecule has 0 spiro atoms. The molecule has 2 heteroatoms.